The molecule has 6 heteroatoms. The van der Waals surface area contributed by atoms with Crippen LogP contribution in [0.4, 0.5) is 10.5 Å². The van der Waals surface area contributed by atoms with Gasteiger partial charge >= 0.3 is 12.0 Å². The maximum Gasteiger partial charge on any atom is 0.323 e. The number of amides is 2. The molecule has 6 nitrogen and oxygen atoms in total. The highest BCUT2D eigenvalue weighted by Gasteiger charge is 2.33. The molecule has 1 atom stereocenters. The Balaban J connectivity index is 2.16. The van der Waals surface area contributed by atoms with Gasteiger partial charge in [-0.3, -0.25) is 9.69 Å². The molecule has 0 aromatic heterocycles. The minimum absolute atomic E-state index is 0.383. The number of nitrogens with one attached hydrogen (secondary N) is 1. The van der Waals surface area contributed by atoms with Crippen LogP contribution in [0, 0.1) is 6.92 Å². The van der Waals surface area contributed by atoms with E-state index in [2.05, 4.69) is 5.32 Å². The Morgan fingerprint density at radius 3 is 2.57 bits per heavy atom. The van der Waals surface area contributed by atoms with Crippen LogP contribution in [0.15, 0.2) is 24.3 Å². The Hall–Kier alpha value is -2.08. The summed E-state index contributed by atoms with van der Waals surface area (Å²) in [5, 5.41) is 11.9. The average Bonchev–Trinajstić information content (AvgIpc) is 2.83. The summed E-state index contributed by atoms with van der Waals surface area (Å²) in [5.74, 6) is -1.06. The van der Waals surface area contributed by atoms with E-state index in [0.717, 1.165) is 5.56 Å². The molecule has 2 amide bonds. The number of aryl methyl sites for hydroxylation is 1. The number of rotatable bonds is 4. The van der Waals surface area contributed by atoms with Crippen LogP contribution in [0.5, 0.6) is 0 Å². The number of carboxylic acids is 1. The molecular formula is C15H20N2O4. The number of anilines is 1. The molecule has 1 saturated heterocycles. The van der Waals surface area contributed by atoms with E-state index in [4.69, 9.17) is 9.84 Å². The first-order valence-electron chi connectivity index (χ1n) is 6.85. The molecule has 2 N–H and O–H groups in total. The van der Waals surface area contributed by atoms with Gasteiger partial charge in [-0.15, -0.1) is 0 Å². The highest BCUT2D eigenvalue weighted by atomic mass is 16.5. The van der Waals surface area contributed by atoms with Gasteiger partial charge in [0.25, 0.3) is 0 Å². The Kier molecular flexibility index (Phi) is 4.47. The second kappa shape index (κ2) is 6.13. The fourth-order valence-corrected chi connectivity index (χ4v) is 2.23. The lowest BCUT2D eigenvalue weighted by molar-refractivity contribution is -0.135. The first-order valence-corrected chi connectivity index (χ1v) is 6.85. The largest absolute Gasteiger partial charge is 0.480 e. The van der Waals surface area contributed by atoms with Gasteiger partial charge in [0.05, 0.1) is 12.1 Å². The van der Waals surface area contributed by atoms with E-state index in [0.29, 0.717) is 25.3 Å². The molecule has 1 aromatic carbocycles. The van der Waals surface area contributed by atoms with E-state index in [-0.39, 0.29) is 6.54 Å². The highest BCUT2D eigenvalue weighted by molar-refractivity contribution is 5.96. The fourth-order valence-electron chi connectivity index (χ4n) is 2.23. The molecule has 0 saturated carbocycles. The van der Waals surface area contributed by atoms with Crippen LogP contribution in [0.3, 0.4) is 0 Å². The minimum atomic E-state index is -1.06. The molecule has 1 unspecified atom stereocenters. The van der Waals surface area contributed by atoms with Crippen molar-refractivity contribution in [1.29, 1.82) is 0 Å². The van der Waals surface area contributed by atoms with Crippen LogP contribution in [0.2, 0.25) is 0 Å². The van der Waals surface area contributed by atoms with Gasteiger partial charge in [0, 0.05) is 12.3 Å². The number of hydrogen-bond acceptors (Lipinski definition) is 3. The van der Waals surface area contributed by atoms with Crippen molar-refractivity contribution in [1.82, 2.24) is 5.32 Å². The van der Waals surface area contributed by atoms with Gasteiger partial charge in [-0.25, -0.2) is 4.79 Å². The normalized spacial score (nSPS) is 21.0. The number of carbonyl (C=O) groups excluding carboxylic acids is 1. The van der Waals surface area contributed by atoms with Crippen LogP contribution in [0.1, 0.15) is 18.9 Å². The maximum absolute atomic E-state index is 12.4. The zero-order chi connectivity index (χ0) is 15.5. The molecule has 0 radical (unpaired) electrons. The number of benzene rings is 1. The quantitative estimate of drug-likeness (QED) is 0.886. The smallest absolute Gasteiger partial charge is 0.323 e. The predicted molar refractivity (Wildman–Crippen MR) is 78.5 cm³/mol. The van der Waals surface area contributed by atoms with Crippen LogP contribution >= 0.6 is 0 Å². The second-order valence-corrected chi connectivity index (χ2v) is 5.61. The Morgan fingerprint density at radius 1 is 1.38 bits per heavy atom. The van der Waals surface area contributed by atoms with Crippen LogP contribution in [-0.4, -0.2) is 42.4 Å². The van der Waals surface area contributed by atoms with E-state index in [1.54, 1.807) is 12.1 Å². The molecule has 1 heterocycles. The van der Waals surface area contributed by atoms with Crippen LogP contribution in [0.25, 0.3) is 0 Å². The molecule has 1 aliphatic heterocycles. The lowest BCUT2D eigenvalue weighted by Gasteiger charge is -2.29. The topological polar surface area (TPSA) is 78.9 Å². The van der Waals surface area contributed by atoms with E-state index >= 15 is 0 Å². The standard InChI is InChI=1S/C15H20N2O4/c1-11-3-5-12(6-4-11)17(9-13(18)19)14(20)16-15(2)7-8-21-10-15/h3-6H,7-10H2,1-2H3,(H,16,20)(H,18,19). The minimum Gasteiger partial charge on any atom is -0.480 e. The SMILES string of the molecule is Cc1ccc(N(CC(=O)O)C(=O)NC2(C)CCOC2)cc1. The zero-order valence-corrected chi connectivity index (χ0v) is 12.3. The van der Waals surface area contributed by atoms with Gasteiger partial charge in [0.15, 0.2) is 0 Å². The molecule has 1 aliphatic rings. The van der Waals surface area contributed by atoms with Gasteiger partial charge in [0.2, 0.25) is 0 Å². The van der Waals surface area contributed by atoms with Gasteiger partial charge in [-0.2, -0.15) is 0 Å². The summed E-state index contributed by atoms with van der Waals surface area (Å²) >= 11 is 0. The number of hydrogen-bond donors (Lipinski definition) is 2. The van der Waals surface area contributed by atoms with Gasteiger partial charge in [-0.05, 0) is 32.4 Å². The lowest BCUT2D eigenvalue weighted by atomic mass is 10.0. The molecule has 1 aromatic rings. The molecule has 21 heavy (non-hydrogen) atoms. The summed E-state index contributed by atoms with van der Waals surface area (Å²) < 4.78 is 5.29. The summed E-state index contributed by atoms with van der Waals surface area (Å²) in [7, 11) is 0. The first kappa shape index (κ1) is 15.3. The predicted octanol–water partition coefficient (Wildman–Crippen LogP) is 1.77. The number of ether oxygens (including phenoxy) is 1. The third-order valence-electron chi connectivity index (χ3n) is 3.51. The third kappa shape index (κ3) is 3.95. The Bertz CT molecular complexity index is 521. The van der Waals surface area contributed by atoms with Crippen molar-refractivity contribution in [3.05, 3.63) is 29.8 Å². The van der Waals surface area contributed by atoms with E-state index < -0.39 is 17.5 Å². The van der Waals surface area contributed by atoms with Crippen molar-refractivity contribution in [2.75, 3.05) is 24.7 Å². The summed E-state index contributed by atoms with van der Waals surface area (Å²) in [5.41, 5.74) is 1.16. The van der Waals surface area contributed by atoms with E-state index in [9.17, 15) is 9.59 Å². The summed E-state index contributed by atoms with van der Waals surface area (Å²) in [4.78, 5) is 24.7. The molecule has 0 spiro atoms. The van der Waals surface area contributed by atoms with Crippen LogP contribution < -0.4 is 10.2 Å². The highest BCUT2D eigenvalue weighted by Crippen LogP contribution is 2.20. The summed E-state index contributed by atoms with van der Waals surface area (Å²) in [6.07, 6.45) is 0.716. The van der Waals surface area contributed by atoms with Gasteiger partial charge in [-0.1, -0.05) is 17.7 Å². The fraction of sp³-hybridized carbons (Fsp3) is 0.467. The van der Waals surface area contributed by atoms with E-state index in [1.165, 1.54) is 4.90 Å². The Labute approximate surface area is 123 Å². The first-order chi connectivity index (χ1) is 9.89. The van der Waals surface area contributed by atoms with Crippen molar-refractivity contribution in [3.8, 4) is 0 Å². The van der Waals surface area contributed by atoms with Crippen molar-refractivity contribution in [2.45, 2.75) is 25.8 Å². The third-order valence-corrected chi connectivity index (χ3v) is 3.51. The second-order valence-electron chi connectivity index (χ2n) is 5.61. The van der Waals surface area contributed by atoms with E-state index in [1.807, 2.05) is 26.0 Å². The number of carboxylic acid groups (broad SMARTS) is 1. The molecule has 0 aliphatic carbocycles. The number of carbonyl (C=O) groups is 2. The van der Waals surface area contributed by atoms with Crippen molar-refractivity contribution in [3.63, 3.8) is 0 Å². The number of aliphatic carboxylic acids is 1. The zero-order valence-electron chi connectivity index (χ0n) is 12.3. The molecule has 0 bridgehead atoms. The Morgan fingerprint density at radius 2 is 2.05 bits per heavy atom. The maximum atomic E-state index is 12.4. The molecular weight excluding hydrogens is 272 g/mol. The molecule has 2 rings (SSSR count). The lowest BCUT2D eigenvalue weighted by Crippen LogP contribution is -2.53. The molecule has 1 fully saturated rings. The van der Waals surface area contributed by atoms with Crippen molar-refractivity contribution >= 4 is 17.7 Å². The number of urea groups is 1. The average molecular weight is 292 g/mol. The van der Waals surface area contributed by atoms with Crippen molar-refractivity contribution in [2.24, 2.45) is 0 Å². The number of nitrogens with zero attached hydrogens (tertiary/aromatic N) is 1. The summed E-state index contributed by atoms with van der Waals surface area (Å²) in [6, 6.07) is 6.75. The van der Waals surface area contributed by atoms with Crippen LogP contribution in [-0.2, 0) is 9.53 Å². The monoisotopic (exact) mass is 292 g/mol. The molecule has 114 valence electrons. The van der Waals surface area contributed by atoms with Crippen molar-refractivity contribution < 1.29 is 19.4 Å². The van der Waals surface area contributed by atoms with Gasteiger partial charge in [0.1, 0.15) is 6.54 Å². The van der Waals surface area contributed by atoms with Gasteiger partial charge < -0.3 is 15.2 Å². The summed E-state index contributed by atoms with van der Waals surface area (Å²) in [6.45, 7) is 4.48.